The Morgan fingerprint density at radius 2 is 2.16 bits per heavy atom. The summed E-state index contributed by atoms with van der Waals surface area (Å²) in [5.41, 5.74) is -0.164. The number of rotatable bonds is 4. The molecule has 1 heterocycles. The number of anilines is 1. The molecule has 0 aliphatic heterocycles. The van der Waals surface area contributed by atoms with Gasteiger partial charge in [-0.15, -0.1) is 0 Å². The Kier molecular flexibility index (Phi) is 3.76. The van der Waals surface area contributed by atoms with Crippen LogP contribution in [0.25, 0.3) is 0 Å². The van der Waals surface area contributed by atoms with Crippen LogP contribution in [0.3, 0.4) is 0 Å². The molecule has 1 aromatic heterocycles. The lowest BCUT2D eigenvalue weighted by molar-refractivity contribution is -0.385. The Bertz CT molecular complexity index is 621. The number of halogens is 1. The molecule has 0 radical (unpaired) electrons. The number of benzene rings is 1. The van der Waals surface area contributed by atoms with Gasteiger partial charge in [-0.1, -0.05) is 23.7 Å². The summed E-state index contributed by atoms with van der Waals surface area (Å²) in [6.07, 6.45) is 1.35. The van der Waals surface area contributed by atoms with Gasteiger partial charge in [0.25, 0.3) is 0 Å². The van der Waals surface area contributed by atoms with Gasteiger partial charge >= 0.3 is 5.69 Å². The van der Waals surface area contributed by atoms with Crippen molar-refractivity contribution < 1.29 is 9.66 Å². The molecular formula is C11H9ClN4O3. The van der Waals surface area contributed by atoms with Crippen molar-refractivity contribution in [2.45, 2.75) is 0 Å². The second-order valence-electron chi connectivity index (χ2n) is 3.42. The summed E-state index contributed by atoms with van der Waals surface area (Å²) >= 11 is 5.89. The molecule has 1 aromatic carbocycles. The molecule has 98 valence electrons. The van der Waals surface area contributed by atoms with Crippen LogP contribution in [0.4, 0.5) is 11.6 Å². The summed E-state index contributed by atoms with van der Waals surface area (Å²) < 4.78 is 5.38. The molecule has 0 unspecified atom stereocenters. The zero-order valence-corrected chi connectivity index (χ0v) is 10.6. The third-order valence-electron chi connectivity index (χ3n) is 2.20. The molecule has 0 bridgehead atoms. The van der Waals surface area contributed by atoms with Crippen LogP contribution in [0, 0.1) is 10.1 Å². The summed E-state index contributed by atoms with van der Waals surface area (Å²) in [6, 6.07) is 5.97. The molecule has 1 N–H and O–H groups in total. The third kappa shape index (κ3) is 2.89. The molecule has 0 saturated heterocycles. The first-order valence-corrected chi connectivity index (χ1v) is 5.61. The minimum atomic E-state index is -0.538. The van der Waals surface area contributed by atoms with Crippen molar-refractivity contribution >= 4 is 23.2 Å². The van der Waals surface area contributed by atoms with Crippen LogP contribution in [-0.2, 0) is 0 Å². The number of hydrogen-bond donors (Lipinski definition) is 1. The average molecular weight is 281 g/mol. The fourth-order valence-corrected chi connectivity index (χ4v) is 1.47. The maximum Gasteiger partial charge on any atom is 0.311 e. The minimum absolute atomic E-state index is 0.0512. The SMILES string of the molecule is CNc1ncc(Cl)c(Oc2ccccc2[N+](=O)[O-])n1. The van der Waals surface area contributed by atoms with Gasteiger partial charge in [-0.05, 0) is 6.07 Å². The van der Waals surface area contributed by atoms with Gasteiger partial charge in [0.15, 0.2) is 0 Å². The lowest BCUT2D eigenvalue weighted by Crippen LogP contribution is -1.99. The summed E-state index contributed by atoms with van der Waals surface area (Å²) in [5, 5.41) is 13.8. The molecule has 0 fully saturated rings. The van der Waals surface area contributed by atoms with Crippen molar-refractivity contribution in [1.82, 2.24) is 9.97 Å². The second kappa shape index (κ2) is 5.49. The van der Waals surface area contributed by atoms with Gasteiger partial charge in [0.1, 0.15) is 5.02 Å². The highest BCUT2D eigenvalue weighted by Crippen LogP contribution is 2.33. The highest BCUT2D eigenvalue weighted by molar-refractivity contribution is 6.31. The summed E-state index contributed by atoms with van der Waals surface area (Å²) in [5.74, 6) is 0.420. The van der Waals surface area contributed by atoms with Crippen molar-refractivity contribution in [3.8, 4) is 11.6 Å². The summed E-state index contributed by atoms with van der Waals surface area (Å²) in [4.78, 5) is 18.2. The molecule has 0 spiro atoms. The molecule has 7 nitrogen and oxygen atoms in total. The third-order valence-corrected chi connectivity index (χ3v) is 2.46. The maximum absolute atomic E-state index is 10.9. The Morgan fingerprint density at radius 3 is 2.84 bits per heavy atom. The van der Waals surface area contributed by atoms with E-state index in [2.05, 4.69) is 15.3 Å². The van der Waals surface area contributed by atoms with Crippen LogP contribution in [0.15, 0.2) is 30.5 Å². The first kappa shape index (κ1) is 13.0. The van der Waals surface area contributed by atoms with Gasteiger partial charge in [-0.25, -0.2) is 4.98 Å². The van der Waals surface area contributed by atoms with Crippen molar-refractivity contribution in [3.63, 3.8) is 0 Å². The lowest BCUT2D eigenvalue weighted by Gasteiger charge is -2.07. The van der Waals surface area contributed by atoms with Gasteiger partial charge in [-0.2, -0.15) is 4.98 Å². The molecule has 0 aliphatic carbocycles. The average Bonchev–Trinajstić information content (AvgIpc) is 2.41. The largest absolute Gasteiger partial charge is 0.430 e. The quantitative estimate of drug-likeness (QED) is 0.684. The van der Waals surface area contributed by atoms with Gasteiger partial charge in [0, 0.05) is 13.1 Å². The van der Waals surface area contributed by atoms with Crippen molar-refractivity contribution in [2.75, 3.05) is 12.4 Å². The van der Waals surface area contributed by atoms with E-state index in [0.29, 0.717) is 5.95 Å². The number of nitrogens with zero attached hydrogens (tertiary/aromatic N) is 3. The van der Waals surface area contributed by atoms with Crippen LogP contribution in [0.5, 0.6) is 11.6 Å². The van der Waals surface area contributed by atoms with Gasteiger partial charge < -0.3 is 10.1 Å². The Labute approximate surface area is 113 Å². The molecule has 2 aromatic rings. The van der Waals surface area contributed by atoms with Crippen LogP contribution in [0.2, 0.25) is 5.02 Å². The molecule has 19 heavy (non-hydrogen) atoms. The van der Waals surface area contributed by atoms with E-state index in [4.69, 9.17) is 16.3 Å². The van der Waals surface area contributed by atoms with E-state index in [-0.39, 0.29) is 22.3 Å². The topological polar surface area (TPSA) is 90.2 Å². The van der Waals surface area contributed by atoms with Crippen LogP contribution >= 0.6 is 11.6 Å². The van der Waals surface area contributed by atoms with E-state index in [9.17, 15) is 10.1 Å². The zero-order valence-electron chi connectivity index (χ0n) is 9.83. The van der Waals surface area contributed by atoms with E-state index >= 15 is 0 Å². The molecule has 2 rings (SSSR count). The van der Waals surface area contributed by atoms with Crippen LogP contribution in [0.1, 0.15) is 0 Å². The smallest absolute Gasteiger partial charge is 0.311 e. The number of nitrogens with one attached hydrogen (secondary N) is 1. The van der Waals surface area contributed by atoms with Crippen molar-refractivity contribution in [1.29, 1.82) is 0 Å². The zero-order chi connectivity index (χ0) is 13.8. The van der Waals surface area contributed by atoms with Gasteiger partial charge in [-0.3, -0.25) is 10.1 Å². The first-order valence-electron chi connectivity index (χ1n) is 5.23. The van der Waals surface area contributed by atoms with Gasteiger partial charge in [0.05, 0.1) is 11.1 Å². The predicted octanol–water partition coefficient (Wildman–Crippen LogP) is 2.87. The minimum Gasteiger partial charge on any atom is -0.430 e. The second-order valence-corrected chi connectivity index (χ2v) is 3.83. The monoisotopic (exact) mass is 280 g/mol. The number of ether oxygens (including phenoxy) is 1. The lowest BCUT2D eigenvalue weighted by atomic mass is 10.3. The van der Waals surface area contributed by atoms with Crippen molar-refractivity contribution in [2.24, 2.45) is 0 Å². The highest BCUT2D eigenvalue weighted by Gasteiger charge is 2.16. The number of para-hydroxylation sites is 2. The van der Waals surface area contributed by atoms with E-state index < -0.39 is 4.92 Å². The summed E-state index contributed by atoms with van der Waals surface area (Å²) in [6.45, 7) is 0. The molecule has 0 amide bonds. The van der Waals surface area contributed by atoms with E-state index in [1.165, 1.54) is 18.3 Å². The normalized spacial score (nSPS) is 10.0. The van der Waals surface area contributed by atoms with Crippen LogP contribution in [-0.4, -0.2) is 21.9 Å². The molecule has 0 saturated carbocycles. The molecular weight excluding hydrogens is 272 g/mol. The van der Waals surface area contributed by atoms with Crippen molar-refractivity contribution in [3.05, 3.63) is 45.6 Å². The van der Waals surface area contributed by atoms with E-state index in [0.717, 1.165) is 0 Å². The highest BCUT2D eigenvalue weighted by atomic mass is 35.5. The molecule has 0 atom stereocenters. The van der Waals surface area contributed by atoms with E-state index in [1.54, 1.807) is 19.2 Å². The van der Waals surface area contributed by atoms with Gasteiger partial charge in [0.2, 0.25) is 17.6 Å². The number of nitro benzene ring substituents is 1. The standard InChI is InChI=1S/C11H9ClN4O3/c1-13-11-14-6-7(12)10(15-11)19-9-5-3-2-4-8(9)16(17)18/h2-6H,1H3,(H,13,14,15). The summed E-state index contributed by atoms with van der Waals surface area (Å²) in [7, 11) is 1.64. The first-order chi connectivity index (χ1) is 9.11. The molecule has 0 aliphatic rings. The van der Waals surface area contributed by atoms with E-state index in [1.807, 2.05) is 0 Å². The Balaban J connectivity index is 2.38. The number of aromatic nitrogens is 2. The van der Waals surface area contributed by atoms with Crippen LogP contribution < -0.4 is 10.1 Å². The molecule has 8 heteroatoms. The fraction of sp³-hybridized carbons (Fsp3) is 0.0909. The maximum atomic E-state index is 10.9. The number of nitro groups is 1. The Morgan fingerprint density at radius 1 is 1.42 bits per heavy atom. The Hall–Kier alpha value is -2.41. The predicted molar refractivity (Wildman–Crippen MR) is 69.8 cm³/mol. The fourth-order valence-electron chi connectivity index (χ4n) is 1.34. The number of hydrogen-bond acceptors (Lipinski definition) is 6.